The first-order valence-electron chi connectivity index (χ1n) is 11.5. The van der Waals surface area contributed by atoms with E-state index in [9.17, 15) is 13.2 Å². The number of methoxy groups -OCH3 is 1. The van der Waals surface area contributed by atoms with Crippen molar-refractivity contribution in [3.8, 4) is 28.0 Å². The summed E-state index contributed by atoms with van der Waals surface area (Å²) in [6.07, 6.45) is 5.56. The van der Waals surface area contributed by atoms with Gasteiger partial charge >= 0.3 is 0 Å². The Kier molecular flexibility index (Phi) is 7.20. The van der Waals surface area contributed by atoms with E-state index in [1.54, 1.807) is 18.2 Å². The van der Waals surface area contributed by atoms with Gasteiger partial charge in [-0.05, 0) is 59.2 Å². The fourth-order valence-corrected chi connectivity index (χ4v) is 4.30. The Hall–Kier alpha value is -3.34. The number of ether oxygens (including phenoxy) is 1. The maximum absolute atomic E-state index is 15.4. The molecule has 0 aromatic heterocycles. The average molecular weight is 467 g/mol. The number of hydrogen-bond acceptors (Lipinski definition) is 1. The van der Waals surface area contributed by atoms with E-state index in [0.29, 0.717) is 5.39 Å². The Labute approximate surface area is 197 Å². The van der Waals surface area contributed by atoms with Crippen molar-refractivity contribution in [3.63, 3.8) is 0 Å². The molecule has 5 heteroatoms. The van der Waals surface area contributed by atoms with Crippen LogP contribution in [0.25, 0.3) is 33.0 Å². The minimum atomic E-state index is -0.901. The lowest BCUT2D eigenvalue weighted by molar-refractivity contribution is 0.386. The van der Waals surface area contributed by atoms with Gasteiger partial charge in [0.1, 0.15) is 17.5 Å². The van der Waals surface area contributed by atoms with Gasteiger partial charge in [-0.25, -0.2) is 17.6 Å². The summed E-state index contributed by atoms with van der Waals surface area (Å²) >= 11 is 0. The molecule has 4 rings (SSSR count). The van der Waals surface area contributed by atoms with Crippen molar-refractivity contribution in [3.05, 3.63) is 89.5 Å². The molecule has 0 radical (unpaired) electrons. The third-order valence-electron chi connectivity index (χ3n) is 6.13. The zero-order valence-electron chi connectivity index (χ0n) is 19.2. The van der Waals surface area contributed by atoms with E-state index in [1.807, 2.05) is 12.1 Å². The molecule has 0 spiro atoms. The number of aryl methyl sites for hydroxylation is 1. The number of benzene rings is 4. The summed E-state index contributed by atoms with van der Waals surface area (Å²) in [5.74, 6) is -3.09. The molecule has 0 fully saturated rings. The van der Waals surface area contributed by atoms with E-state index >= 15 is 4.39 Å². The van der Waals surface area contributed by atoms with Gasteiger partial charge in [-0.1, -0.05) is 62.6 Å². The second kappa shape index (κ2) is 10.3. The van der Waals surface area contributed by atoms with Gasteiger partial charge in [0, 0.05) is 10.9 Å². The molecule has 176 valence electrons. The third kappa shape index (κ3) is 4.79. The molecule has 0 aliphatic heterocycles. The molecule has 0 atom stereocenters. The lowest BCUT2D eigenvalue weighted by Gasteiger charge is -2.12. The predicted molar refractivity (Wildman–Crippen MR) is 129 cm³/mol. The van der Waals surface area contributed by atoms with Crippen molar-refractivity contribution >= 4 is 10.8 Å². The molecule has 0 aliphatic rings. The van der Waals surface area contributed by atoms with Gasteiger partial charge in [-0.3, -0.25) is 0 Å². The molecule has 0 saturated heterocycles. The highest BCUT2D eigenvalue weighted by atomic mass is 19.1. The zero-order chi connectivity index (χ0) is 24.2. The first-order valence-corrected chi connectivity index (χ1v) is 11.5. The van der Waals surface area contributed by atoms with Crippen LogP contribution in [-0.4, -0.2) is 7.11 Å². The molecule has 4 aromatic rings. The maximum Gasteiger partial charge on any atom is 0.165 e. The van der Waals surface area contributed by atoms with E-state index < -0.39 is 23.3 Å². The molecular weight excluding hydrogens is 440 g/mol. The second-order valence-corrected chi connectivity index (χ2v) is 8.46. The van der Waals surface area contributed by atoms with Gasteiger partial charge in [-0.2, -0.15) is 0 Å². The van der Waals surface area contributed by atoms with Crippen LogP contribution in [0.5, 0.6) is 5.75 Å². The molecule has 0 unspecified atom stereocenters. The summed E-state index contributed by atoms with van der Waals surface area (Å²) in [4.78, 5) is 0. The normalized spacial score (nSPS) is 11.2. The topological polar surface area (TPSA) is 9.23 Å². The molecule has 0 heterocycles. The number of fused-ring (bicyclic) bond motifs is 1. The molecule has 1 nitrogen and oxygen atoms in total. The van der Waals surface area contributed by atoms with Crippen LogP contribution >= 0.6 is 0 Å². The van der Waals surface area contributed by atoms with E-state index in [1.165, 1.54) is 32.1 Å². The number of halogens is 4. The molecule has 0 N–H and O–H groups in total. The largest absolute Gasteiger partial charge is 0.494 e. The first-order chi connectivity index (χ1) is 16.4. The van der Waals surface area contributed by atoms with Gasteiger partial charge < -0.3 is 4.74 Å². The highest BCUT2D eigenvalue weighted by Crippen LogP contribution is 2.35. The Morgan fingerprint density at radius 2 is 1.44 bits per heavy atom. The summed E-state index contributed by atoms with van der Waals surface area (Å²) in [7, 11) is 1.31. The first kappa shape index (κ1) is 23.8. The van der Waals surface area contributed by atoms with Crippen LogP contribution in [0.4, 0.5) is 17.6 Å². The molecular formula is C29H26F4O. The van der Waals surface area contributed by atoms with Gasteiger partial charge in [-0.15, -0.1) is 0 Å². The van der Waals surface area contributed by atoms with E-state index in [4.69, 9.17) is 4.74 Å². The van der Waals surface area contributed by atoms with Crippen LogP contribution in [0.1, 0.15) is 38.2 Å². The van der Waals surface area contributed by atoms with Crippen molar-refractivity contribution in [2.45, 2.75) is 39.0 Å². The standard InChI is InChI=1S/C29H26F4O/c1-3-4-5-6-7-18-8-11-22-19(14-18)9-12-23(29(22)33)21-16-25(31)28(26(32)17-21)20-10-13-27(34-2)24(30)15-20/h8-17H,3-7H2,1-2H3. The molecule has 0 saturated carbocycles. The maximum atomic E-state index is 15.4. The summed E-state index contributed by atoms with van der Waals surface area (Å²) in [5.41, 5.74) is 0.984. The Morgan fingerprint density at radius 1 is 0.706 bits per heavy atom. The lowest BCUT2D eigenvalue weighted by Crippen LogP contribution is -1.96. The van der Waals surface area contributed by atoms with Crippen molar-refractivity contribution in [2.75, 3.05) is 7.11 Å². The minimum absolute atomic E-state index is 0.0245. The Balaban J connectivity index is 1.67. The average Bonchev–Trinajstić information content (AvgIpc) is 2.82. The highest BCUT2D eigenvalue weighted by Gasteiger charge is 2.18. The molecule has 4 aromatic carbocycles. The fraction of sp³-hybridized carbons (Fsp3) is 0.241. The van der Waals surface area contributed by atoms with Crippen LogP contribution in [0.15, 0.2) is 60.7 Å². The van der Waals surface area contributed by atoms with Crippen molar-refractivity contribution in [2.24, 2.45) is 0 Å². The second-order valence-electron chi connectivity index (χ2n) is 8.46. The lowest BCUT2D eigenvalue weighted by atomic mass is 9.95. The van der Waals surface area contributed by atoms with Gasteiger partial charge in [0.05, 0.1) is 12.7 Å². The van der Waals surface area contributed by atoms with Crippen molar-refractivity contribution in [1.82, 2.24) is 0 Å². The number of rotatable bonds is 8. The van der Waals surface area contributed by atoms with Crippen molar-refractivity contribution < 1.29 is 22.3 Å². The summed E-state index contributed by atoms with van der Waals surface area (Å²) in [6, 6.07) is 14.8. The quantitative estimate of drug-likeness (QED) is 0.186. The van der Waals surface area contributed by atoms with Gasteiger partial charge in [0.25, 0.3) is 0 Å². The molecule has 0 aliphatic carbocycles. The smallest absolute Gasteiger partial charge is 0.165 e. The van der Waals surface area contributed by atoms with Gasteiger partial charge in [0.15, 0.2) is 11.6 Å². The Bertz CT molecular complexity index is 1310. The summed E-state index contributed by atoms with van der Waals surface area (Å²) in [6.45, 7) is 2.17. The van der Waals surface area contributed by atoms with Crippen LogP contribution in [0.2, 0.25) is 0 Å². The fourth-order valence-electron chi connectivity index (χ4n) is 4.30. The number of unbranched alkanes of at least 4 members (excludes halogenated alkanes) is 3. The van der Waals surface area contributed by atoms with Gasteiger partial charge in [0.2, 0.25) is 0 Å². The molecule has 0 bridgehead atoms. The highest BCUT2D eigenvalue weighted by molar-refractivity contribution is 5.89. The van der Waals surface area contributed by atoms with Crippen molar-refractivity contribution in [1.29, 1.82) is 0 Å². The van der Waals surface area contributed by atoms with Crippen LogP contribution in [0.3, 0.4) is 0 Å². The minimum Gasteiger partial charge on any atom is -0.494 e. The molecule has 0 amide bonds. The van der Waals surface area contributed by atoms with Crippen LogP contribution < -0.4 is 4.74 Å². The SMILES string of the molecule is CCCCCCc1ccc2c(F)c(-c3cc(F)c(-c4ccc(OC)c(F)c4)c(F)c3)ccc2c1. The monoisotopic (exact) mass is 466 g/mol. The van der Waals surface area contributed by atoms with Crippen LogP contribution in [0, 0.1) is 23.3 Å². The number of hydrogen-bond donors (Lipinski definition) is 0. The summed E-state index contributed by atoms with van der Waals surface area (Å²) < 4.78 is 64.2. The third-order valence-corrected chi connectivity index (χ3v) is 6.13. The Morgan fingerprint density at radius 3 is 2.12 bits per heavy atom. The molecule has 34 heavy (non-hydrogen) atoms. The van der Waals surface area contributed by atoms with E-state index in [0.717, 1.165) is 48.4 Å². The summed E-state index contributed by atoms with van der Waals surface area (Å²) in [5, 5.41) is 1.15. The van der Waals surface area contributed by atoms with Crippen LogP contribution in [-0.2, 0) is 6.42 Å². The predicted octanol–water partition coefficient (Wildman–Crippen LogP) is 8.86. The van der Waals surface area contributed by atoms with E-state index in [2.05, 4.69) is 6.92 Å². The zero-order valence-corrected chi connectivity index (χ0v) is 19.2. The van der Waals surface area contributed by atoms with E-state index in [-0.39, 0.29) is 28.0 Å².